The first-order valence-corrected chi connectivity index (χ1v) is 7.61. The summed E-state index contributed by atoms with van der Waals surface area (Å²) in [5, 5.41) is 13.7. The van der Waals surface area contributed by atoms with Gasteiger partial charge in [0.25, 0.3) is 0 Å². The van der Waals surface area contributed by atoms with Crippen LogP contribution in [0.3, 0.4) is 0 Å². The highest BCUT2D eigenvalue weighted by molar-refractivity contribution is 4.86. The van der Waals surface area contributed by atoms with E-state index in [1.807, 2.05) is 0 Å². The van der Waals surface area contributed by atoms with Crippen molar-refractivity contribution in [3.05, 3.63) is 0 Å². The quantitative estimate of drug-likeness (QED) is 0.723. The molecular weight excluding hydrogens is 210 g/mol. The van der Waals surface area contributed by atoms with E-state index in [-0.39, 0.29) is 5.60 Å². The van der Waals surface area contributed by atoms with Gasteiger partial charge in [-0.15, -0.1) is 0 Å². The lowest BCUT2D eigenvalue weighted by atomic mass is 9.81. The third-order valence-corrected chi connectivity index (χ3v) is 4.76. The summed E-state index contributed by atoms with van der Waals surface area (Å²) >= 11 is 0. The van der Waals surface area contributed by atoms with E-state index >= 15 is 0 Å². The average Bonchev–Trinajstić information content (AvgIpc) is 2.72. The molecule has 0 bridgehead atoms. The molecule has 2 nitrogen and oxygen atoms in total. The van der Waals surface area contributed by atoms with Gasteiger partial charge in [-0.3, -0.25) is 0 Å². The molecule has 2 atom stereocenters. The summed E-state index contributed by atoms with van der Waals surface area (Å²) in [6, 6.07) is 0. The van der Waals surface area contributed by atoms with Crippen molar-refractivity contribution in [3.63, 3.8) is 0 Å². The van der Waals surface area contributed by atoms with Gasteiger partial charge in [-0.1, -0.05) is 39.0 Å². The van der Waals surface area contributed by atoms with Gasteiger partial charge >= 0.3 is 0 Å². The molecule has 0 spiro atoms. The number of rotatable bonds is 5. The third-order valence-electron chi connectivity index (χ3n) is 4.76. The monoisotopic (exact) mass is 239 g/mol. The van der Waals surface area contributed by atoms with E-state index in [4.69, 9.17) is 0 Å². The van der Waals surface area contributed by atoms with Crippen LogP contribution >= 0.6 is 0 Å². The SMILES string of the molecule is CC1CCCC(CCNCC2(O)CCCC2)C1. The van der Waals surface area contributed by atoms with E-state index in [2.05, 4.69) is 12.2 Å². The minimum Gasteiger partial charge on any atom is -0.389 e. The summed E-state index contributed by atoms with van der Waals surface area (Å²) in [4.78, 5) is 0. The van der Waals surface area contributed by atoms with Crippen molar-refractivity contribution in [2.24, 2.45) is 11.8 Å². The minimum absolute atomic E-state index is 0.375. The Morgan fingerprint density at radius 1 is 1.18 bits per heavy atom. The van der Waals surface area contributed by atoms with Gasteiger partial charge in [0, 0.05) is 6.54 Å². The molecule has 2 rings (SSSR count). The molecular formula is C15H29NO. The zero-order valence-electron chi connectivity index (χ0n) is 11.4. The van der Waals surface area contributed by atoms with Gasteiger partial charge < -0.3 is 10.4 Å². The smallest absolute Gasteiger partial charge is 0.0771 e. The van der Waals surface area contributed by atoms with Crippen molar-refractivity contribution in [1.82, 2.24) is 5.32 Å². The van der Waals surface area contributed by atoms with Crippen LogP contribution in [-0.2, 0) is 0 Å². The molecule has 2 heteroatoms. The van der Waals surface area contributed by atoms with Crippen molar-refractivity contribution in [3.8, 4) is 0 Å². The van der Waals surface area contributed by atoms with E-state index in [1.54, 1.807) is 0 Å². The predicted octanol–water partition coefficient (Wildman–Crippen LogP) is 3.10. The van der Waals surface area contributed by atoms with Crippen molar-refractivity contribution in [1.29, 1.82) is 0 Å². The second-order valence-electron chi connectivity index (χ2n) is 6.53. The lowest BCUT2D eigenvalue weighted by Gasteiger charge is -2.27. The molecule has 2 saturated carbocycles. The Morgan fingerprint density at radius 2 is 1.94 bits per heavy atom. The second kappa shape index (κ2) is 6.19. The molecule has 0 aromatic rings. The number of aliphatic hydroxyl groups is 1. The van der Waals surface area contributed by atoms with Crippen LogP contribution < -0.4 is 5.32 Å². The molecule has 0 radical (unpaired) electrons. The highest BCUT2D eigenvalue weighted by atomic mass is 16.3. The van der Waals surface area contributed by atoms with Crippen LogP contribution in [-0.4, -0.2) is 23.8 Å². The Balaban J connectivity index is 1.56. The van der Waals surface area contributed by atoms with Crippen LogP contribution in [0.5, 0.6) is 0 Å². The molecule has 2 N–H and O–H groups in total. The van der Waals surface area contributed by atoms with Gasteiger partial charge in [0.05, 0.1) is 5.60 Å². The highest BCUT2D eigenvalue weighted by Crippen LogP contribution is 2.31. The first-order valence-electron chi connectivity index (χ1n) is 7.61. The molecule has 100 valence electrons. The molecule has 2 aliphatic rings. The maximum atomic E-state index is 10.2. The minimum atomic E-state index is -0.375. The molecule has 0 amide bonds. The van der Waals surface area contributed by atoms with Crippen LogP contribution in [0, 0.1) is 11.8 Å². The lowest BCUT2D eigenvalue weighted by Crippen LogP contribution is -2.38. The molecule has 0 saturated heterocycles. The summed E-state index contributed by atoms with van der Waals surface area (Å²) in [5.41, 5.74) is -0.375. The fraction of sp³-hybridized carbons (Fsp3) is 1.00. The van der Waals surface area contributed by atoms with E-state index in [1.165, 1.54) is 44.9 Å². The van der Waals surface area contributed by atoms with Crippen LogP contribution in [0.2, 0.25) is 0 Å². The summed E-state index contributed by atoms with van der Waals surface area (Å²) < 4.78 is 0. The summed E-state index contributed by atoms with van der Waals surface area (Å²) in [5.74, 6) is 1.87. The van der Waals surface area contributed by atoms with Gasteiger partial charge in [0.1, 0.15) is 0 Å². The third kappa shape index (κ3) is 4.26. The first kappa shape index (κ1) is 13.4. The maximum absolute atomic E-state index is 10.2. The predicted molar refractivity (Wildman–Crippen MR) is 72.0 cm³/mol. The van der Waals surface area contributed by atoms with Crippen molar-refractivity contribution >= 4 is 0 Å². The average molecular weight is 239 g/mol. The lowest BCUT2D eigenvalue weighted by molar-refractivity contribution is 0.0474. The van der Waals surface area contributed by atoms with E-state index < -0.39 is 0 Å². The Labute approximate surface area is 106 Å². The normalized spacial score (nSPS) is 32.8. The van der Waals surface area contributed by atoms with Crippen molar-refractivity contribution in [2.75, 3.05) is 13.1 Å². The van der Waals surface area contributed by atoms with Crippen molar-refractivity contribution in [2.45, 2.75) is 70.3 Å². The fourth-order valence-corrected chi connectivity index (χ4v) is 3.66. The Morgan fingerprint density at radius 3 is 2.65 bits per heavy atom. The van der Waals surface area contributed by atoms with Gasteiger partial charge in [0.2, 0.25) is 0 Å². The zero-order valence-corrected chi connectivity index (χ0v) is 11.4. The molecule has 17 heavy (non-hydrogen) atoms. The van der Waals surface area contributed by atoms with Gasteiger partial charge in [-0.05, 0) is 44.1 Å². The van der Waals surface area contributed by atoms with Crippen LogP contribution in [0.25, 0.3) is 0 Å². The van der Waals surface area contributed by atoms with E-state index in [9.17, 15) is 5.11 Å². The topological polar surface area (TPSA) is 32.3 Å². The van der Waals surface area contributed by atoms with Gasteiger partial charge in [0.15, 0.2) is 0 Å². The molecule has 0 aliphatic heterocycles. The molecule has 0 aromatic carbocycles. The van der Waals surface area contributed by atoms with Gasteiger partial charge in [-0.2, -0.15) is 0 Å². The number of hydrogen-bond acceptors (Lipinski definition) is 2. The highest BCUT2D eigenvalue weighted by Gasteiger charge is 2.30. The number of hydrogen-bond donors (Lipinski definition) is 2. The molecule has 0 aromatic heterocycles. The van der Waals surface area contributed by atoms with Crippen LogP contribution in [0.4, 0.5) is 0 Å². The van der Waals surface area contributed by atoms with E-state index in [0.29, 0.717) is 0 Å². The van der Waals surface area contributed by atoms with Gasteiger partial charge in [-0.25, -0.2) is 0 Å². The summed E-state index contributed by atoms with van der Waals surface area (Å²) in [7, 11) is 0. The number of nitrogens with one attached hydrogen (secondary N) is 1. The Hall–Kier alpha value is -0.0800. The van der Waals surface area contributed by atoms with Crippen LogP contribution in [0.15, 0.2) is 0 Å². The van der Waals surface area contributed by atoms with Crippen molar-refractivity contribution < 1.29 is 5.11 Å². The molecule has 2 fully saturated rings. The Kier molecular flexibility index (Phi) is 4.87. The standard InChI is InChI=1S/C15H29NO/c1-13-5-4-6-14(11-13)7-10-16-12-15(17)8-2-3-9-15/h13-14,16-17H,2-12H2,1H3. The largest absolute Gasteiger partial charge is 0.389 e. The summed E-state index contributed by atoms with van der Waals surface area (Å²) in [6.45, 7) is 4.30. The van der Waals surface area contributed by atoms with Crippen LogP contribution in [0.1, 0.15) is 64.7 Å². The molecule has 0 heterocycles. The Bertz CT molecular complexity index is 223. The summed E-state index contributed by atoms with van der Waals surface area (Å²) in [6.07, 6.45) is 11.4. The fourth-order valence-electron chi connectivity index (χ4n) is 3.66. The zero-order chi connectivity index (χ0) is 12.1. The second-order valence-corrected chi connectivity index (χ2v) is 6.53. The maximum Gasteiger partial charge on any atom is 0.0771 e. The van der Waals surface area contributed by atoms with E-state index in [0.717, 1.165) is 37.8 Å². The molecule has 2 unspecified atom stereocenters. The first-order chi connectivity index (χ1) is 8.18. The molecule has 2 aliphatic carbocycles.